The van der Waals surface area contributed by atoms with Crippen LogP contribution in [0.5, 0.6) is 11.5 Å². The normalized spacial score (nSPS) is 10.6. The van der Waals surface area contributed by atoms with E-state index >= 15 is 0 Å². The van der Waals surface area contributed by atoms with Crippen LogP contribution in [0.1, 0.15) is 5.56 Å². The van der Waals surface area contributed by atoms with Gasteiger partial charge in [-0.05, 0) is 23.8 Å². The monoisotopic (exact) mass is 314 g/mol. The smallest absolute Gasteiger partial charge is 0.277 e. The molecule has 6 heteroatoms. The van der Waals surface area contributed by atoms with Crippen molar-refractivity contribution in [1.29, 1.82) is 0 Å². The molecule has 0 atom stereocenters. The van der Waals surface area contributed by atoms with E-state index in [0.29, 0.717) is 22.4 Å². The zero-order valence-corrected chi connectivity index (χ0v) is 12.7. The standard InChI is InChI=1S/C16H14N2O3S/c1-20-14-9-12(7-8-13(14)19)15-17-18-16(21-15)22-10-11-5-3-2-4-6-11/h2-9,19H,10H2,1H3. The summed E-state index contributed by atoms with van der Waals surface area (Å²) in [5.41, 5.74) is 1.90. The van der Waals surface area contributed by atoms with E-state index in [4.69, 9.17) is 9.15 Å². The van der Waals surface area contributed by atoms with Crippen LogP contribution in [-0.4, -0.2) is 22.4 Å². The first-order chi connectivity index (χ1) is 10.8. The van der Waals surface area contributed by atoms with Gasteiger partial charge in [-0.25, -0.2) is 0 Å². The fourth-order valence-corrected chi connectivity index (χ4v) is 2.63. The fraction of sp³-hybridized carbons (Fsp3) is 0.125. The van der Waals surface area contributed by atoms with Gasteiger partial charge in [0.15, 0.2) is 11.5 Å². The van der Waals surface area contributed by atoms with Gasteiger partial charge in [-0.2, -0.15) is 0 Å². The minimum Gasteiger partial charge on any atom is -0.504 e. The van der Waals surface area contributed by atoms with Gasteiger partial charge in [0, 0.05) is 11.3 Å². The van der Waals surface area contributed by atoms with Gasteiger partial charge in [0.05, 0.1) is 7.11 Å². The molecule has 0 saturated carbocycles. The molecule has 22 heavy (non-hydrogen) atoms. The number of benzene rings is 2. The minimum absolute atomic E-state index is 0.0736. The van der Waals surface area contributed by atoms with Crippen LogP contribution in [0.3, 0.4) is 0 Å². The molecule has 5 nitrogen and oxygen atoms in total. The highest BCUT2D eigenvalue weighted by atomic mass is 32.2. The quantitative estimate of drug-likeness (QED) is 0.723. The Balaban J connectivity index is 1.73. The number of hydrogen-bond donors (Lipinski definition) is 1. The average Bonchev–Trinajstić information content (AvgIpc) is 3.03. The number of phenolic OH excluding ortho intramolecular Hbond substituents is 1. The van der Waals surface area contributed by atoms with Gasteiger partial charge in [-0.1, -0.05) is 42.1 Å². The highest BCUT2D eigenvalue weighted by Gasteiger charge is 2.12. The number of aromatic nitrogens is 2. The van der Waals surface area contributed by atoms with Crippen LogP contribution in [0.4, 0.5) is 0 Å². The molecule has 3 rings (SSSR count). The zero-order valence-electron chi connectivity index (χ0n) is 11.9. The SMILES string of the molecule is COc1cc(-c2nnc(SCc3ccccc3)o2)ccc1O. The molecule has 1 heterocycles. The maximum atomic E-state index is 9.60. The van der Waals surface area contributed by atoms with Gasteiger partial charge in [0.1, 0.15) is 0 Å². The highest BCUT2D eigenvalue weighted by molar-refractivity contribution is 7.98. The third kappa shape index (κ3) is 3.23. The van der Waals surface area contributed by atoms with Gasteiger partial charge >= 0.3 is 0 Å². The fourth-order valence-electron chi connectivity index (χ4n) is 1.91. The number of aromatic hydroxyl groups is 1. The van der Waals surface area contributed by atoms with E-state index in [1.54, 1.807) is 12.1 Å². The second-order valence-corrected chi connectivity index (χ2v) is 5.46. The van der Waals surface area contributed by atoms with Crippen LogP contribution in [-0.2, 0) is 5.75 Å². The first-order valence-electron chi connectivity index (χ1n) is 6.64. The first-order valence-corrected chi connectivity index (χ1v) is 7.62. The van der Waals surface area contributed by atoms with E-state index < -0.39 is 0 Å². The zero-order chi connectivity index (χ0) is 15.4. The first kappa shape index (κ1) is 14.5. The predicted molar refractivity (Wildman–Crippen MR) is 84.0 cm³/mol. The van der Waals surface area contributed by atoms with Crippen molar-refractivity contribution in [2.75, 3.05) is 7.11 Å². The lowest BCUT2D eigenvalue weighted by Crippen LogP contribution is -1.85. The molecule has 0 aliphatic heterocycles. The second-order valence-electron chi connectivity index (χ2n) is 4.53. The van der Waals surface area contributed by atoms with Gasteiger partial charge in [0.25, 0.3) is 5.22 Å². The summed E-state index contributed by atoms with van der Waals surface area (Å²) in [6.07, 6.45) is 0. The summed E-state index contributed by atoms with van der Waals surface area (Å²) >= 11 is 1.48. The van der Waals surface area contributed by atoms with Gasteiger partial charge in [0.2, 0.25) is 5.89 Å². The Hall–Kier alpha value is -2.47. The van der Waals surface area contributed by atoms with E-state index in [9.17, 15) is 5.11 Å². The second kappa shape index (κ2) is 6.53. The third-order valence-corrected chi connectivity index (χ3v) is 3.93. The van der Waals surface area contributed by atoms with Crippen molar-refractivity contribution in [2.45, 2.75) is 11.0 Å². The molecule has 0 bridgehead atoms. The van der Waals surface area contributed by atoms with Crippen molar-refractivity contribution in [3.63, 3.8) is 0 Å². The molecule has 0 aliphatic rings. The van der Waals surface area contributed by atoms with Crippen LogP contribution < -0.4 is 4.74 Å². The maximum absolute atomic E-state index is 9.60. The van der Waals surface area contributed by atoms with Crippen LogP contribution in [0.25, 0.3) is 11.5 Å². The molecule has 1 N–H and O–H groups in total. The lowest BCUT2D eigenvalue weighted by molar-refractivity contribution is 0.373. The van der Waals surface area contributed by atoms with Gasteiger partial charge in [-0.3, -0.25) is 0 Å². The van der Waals surface area contributed by atoms with Crippen LogP contribution in [0.15, 0.2) is 58.2 Å². The Morgan fingerprint density at radius 1 is 1.14 bits per heavy atom. The number of methoxy groups -OCH3 is 1. The molecule has 0 aliphatic carbocycles. The van der Waals surface area contributed by atoms with E-state index in [2.05, 4.69) is 22.3 Å². The van der Waals surface area contributed by atoms with Gasteiger partial charge in [-0.15, -0.1) is 10.2 Å². The summed E-state index contributed by atoms with van der Waals surface area (Å²) in [7, 11) is 1.49. The molecule has 0 radical (unpaired) electrons. The number of hydrogen-bond acceptors (Lipinski definition) is 6. The van der Waals surface area contributed by atoms with E-state index in [1.165, 1.54) is 30.5 Å². The van der Waals surface area contributed by atoms with Crippen molar-refractivity contribution in [3.05, 3.63) is 54.1 Å². The summed E-state index contributed by atoms with van der Waals surface area (Å²) in [4.78, 5) is 0. The number of rotatable bonds is 5. The molecule has 0 fully saturated rings. The van der Waals surface area contributed by atoms with Crippen LogP contribution in [0, 0.1) is 0 Å². The maximum Gasteiger partial charge on any atom is 0.277 e. The van der Waals surface area contributed by atoms with E-state index in [0.717, 1.165) is 5.75 Å². The Morgan fingerprint density at radius 3 is 2.73 bits per heavy atom. The van der Waals surface area contributed by atoms with Crippen molar-refractivity contribution in [3.8, 4) is 23.0 Å². The molecular formula is C16H14N2O3S. The average molecular weight is 314 g/mol. The molecule has 112 valence electrons. The molecule has 0 spiro atoms. The van der Waals surface area contributed by atoms with Crippen molar-refractivity contribution in [2.24, 2.45) is 0 Å². The molecule has 1 aromatic heterocycles. The molecule has 0 amide bonds. The lowest BCUT2D eigenvalue weighted by Gasteiger charge is -2.03. The summed E-state index contributed by atoms with van der Waals surface area (Å²) in [6, 6.07) is 15.0. The van der Waals surface area contributed by atoms with Crippen LogP contribution in [0.2, 0.25) is 0 Å². The summed E-state index contributed by atoms with van der Waals surface area (Å²) in [6.45, 7) is 0. The summed E-state index contributed by atoms with van der Waals surface area (Å²) in [5, 5.41) is 18.2. The van der Waals surface area contributed by atoms with E-state index in [1.807, 2.05) is 18.2 Å². The topological polar surface area (TPSA) is 68.4 Å². The Morgan fingerprint density at radius 2 is 1.95 bits per heavy atom. The molecular weight excluding hydrogens is 300 g/mol. The van der Waals surface area contributed by atoms with Crippen molar-refractivity contribution < 1.29 is 14.3 Å². The number of nitrogens with zero attached hydrogens (tertiary/aromatic N) is 2. The van der Waals surface area contributed by atoms with Crippen molar-refractivity contribution >= 4 is 11.8 Å². The van der Waals surface area contributed by atoms with Crippen molar-refractivity contribution in [1.82, 2.24) is 10.2 Å². The highest BCUT2D eigenvalue weighted by Crippen LogP contribution is 2.32. The van der Waals surface area contributed by atoms with Gasteiger partial charge < -0.3 is 14.3 Å². The predicted octanol–water partition coefficient (Wildman–Crippen LogP) is 3.74. The largest absolute Gasteiger partial charge is 0.504 e. The van der Waals surface area contributed by atoms with Crippen LogP contribution >= 0.6 is 11.8 Å². The Labute approximate surface area is 132 Å². The number of thioether (sulfide) groups is 1. The molecule has 3 aromatic rings. The van der Waals surface area contributed by atoms with E-state index in [-0.39, 0.29) is 5.75 Å². The lowest BCUT2D eigenvalue weighted by atomic mass is 10.2. The Kier molecular flexibility index (Phi) is 4.29. The third-order valence-electron chi connectivity index (χ3n) is 3.04. The molecule has 0 saturated heterocycles. The molecule has 0 unspecified atom stereocenters. The Bertz CT molecular complexity index is 759. The number of ether oxygens (including phenoxy) is 1. The summed E-state index contributed by atoms with van der Waals surface area (Å²) in [5.74, 6) is 1.61. The minimum atomic E-state index is 0.0736. The summed E-state index contributed by atoms with van der Waals surface area (Å²) < 4.78 is 10.7. The number of phenols is 1. The molecule has 2 aromatic carbocycles.